The molecule has 1 aromatic heterocycles. The first kappa shape index (κ1) is 9.93. The number of halogens is 2. The van der Waals surface area contributed by atoms with Gasteiger partial charge in [-0.1, -0.05) is 18.2 Å². The molecule has 0 N–H and O–H groups in total. The zero-order chi connectivity index (χ0) is 8.55. The van der Waals surface area contributed by atoms with E-state index < -0.39 is 0 Å². The highest BCUT2D eigenvalue weighted by Gasteiger charge is 1.99. The summed E-state index contributed by atoms with van der Waals surface area (Å²) in [5, 5.41) is 0.848. The Bertz CT molecular complexity index is 388. The smallest absolute Gasteiger partial charge is 0.145 e. The summed E-state index contributed by atoms with van der Waals surface area (Å²) in [5.74, 6) is -0.242. The van der Waals surface area contributed by atoms with Crippen molar-refractivity contribution in [3.05, 3.63) is 41.8 Å². The van der Waals surface area contributed by atoms with Crippen LogP contribution in [0.4, 0.5) is 4.39 Å². The van der Waals surface area contributed by atoms with Crippen LogP contribution in [0.2, 0.25) is 0 Å². The van der Waals surface area contributed by atoms with Gasteiger partial charge in [0.2, 0.25) is 0 Å². The molecule has 68 valence electrons. The van der Waals surface area contributed by atoms with Gasteiger partial charge in [-0.3, -0.25) is 4.98 Å². The van der Waals surface area contributed by atoms with Crippen LogP contribution in [-0.4, -0.2) is 4.98 Å². The van der Waals surface area contributed by atoms with E-state index in [4.69, 9.17) is 0 Å². The Kier molecular flexibility index (Phi) is 2.83. The Morgan fingerprint density at radius 3 is 2.69 bits per heavy atom. The molecule has 2 aromatic rings. The first-order valence-electron chi connectivity index (χ1n) is 3.79. The normalized spacial score (nSPS) is 9.69. The third kappa shape index (κ3) is 1.78. The Morgan fingerprint density at radius 1 is 1.23 bits per heavy atom. The van der Waals surface area contributed by atoms with Crippen LogP contribution in [0.1, 0.15) is 5.69 Å². The Morgan fingerprint density at radius 2 is 1.92 bits per heavy atom. The molecule has 0 fully saturated rings. The molecule has 0 aliphatic heterocycles. The molecule has 0 aliphatic rings. The number of aryl methyl sites for hydroxylation is 1. The molecule has 1 aromatic carbocycles. The molecular weight excluding hydrogens is 189 g/mol. The number of aromatic nitrogens is 1. The molecule has 0 bridgehead atoms. The van der Waals surface area contributed by atoms with E-state index in [0.717, 1.165) is 10.9 Å². The van der Waals surface area contributed by atoms with Crippen LogP contribution in [0.15, 0.2) is 30.3 Å². The summed E-state index contributed by atoms with van der Waals surface area (Å²) >= 11 is 0. The first-order chi connectivity index (χ1) is 5.77. The number of pyridine rings is 1. The highest BCUT2D eigenvalue weighted by atomic mass is 35.5. The molecule has 0 amide bonds. The lowest BCUT2D eigenvalue weighted by molar-refractivity contribution is 0.613. The molecule has 0 atom stereocenters. The van der Waals surface area contributed by atoms with Gasteiger partial charge < -0.3 is 0 Å². The third-order valence-corrected chi connectivity index (χ3v) is 1.85. The number of benzene rings is 1. The predicted octanol–water partition coefficient (Wildman–Crippen LogP) is 3.10. The molecular formula is C10H9ClFN. The zero-order valence-electron chi connectivity index (χ0n) is 7.12. The van der Waals surface area contributed by atoms with Crippen molar-refractivity contribution in [3.63, 3.8) is 0 Å². The lowest BCUT2D eigenvalue weighted by Crippen LogP contribution is -1.88. The van der Waals surface area contributed by atoms with Crippen LogP contribution < -0.4 is 0 Å². The fourth-order valence-electron chi connectivity index (χ4n) is 1.19. The summed E-state index contributed by atoms with van der Waals surface area (Å²) in [6, 6.07) is 9.01. The number of rotatable bonds is 0. The van der Waals surface area contributed by atoms with Gasteiger partial charge in [-0.2, -0.15) is 0 Å². The summed E-state index contributed by atoms with van der Waals surface area (Å²) in [6.45, 7) is 1.67. The maximum absolute atomic E-state index is 13.0. The van der Waals surface area contributed by atoms with Gasteiger partial charge in [0.15, 0.2) is 0 Å². The maximum Gasteiger partial charge on any atom is 0.145 e. The topological polar surface area (TPSA) is 12.9 Å². The summed E-state index contributed by atoms with van der Waals surface area (Å²) in [5.41, 5.74) is 1.30. The minimum absolute atomic E-state index is 0. The minimum Gasteiger partial charge on any atom is -0.250 e. The van der Waals surface area contributed by atoms with Crippen molar-refractivity contribution >= 4 is 23.3 Å². The third-order valence-electron chi connectivity index (χ3n) is 1.85. The average Bonchev–Trinajstić information content (AvgIpc) is 2.07. The molecule has 13 heavy (non-hydrogen) atoms. The van der Waals surface area contributed by atoms with Gasteiger partial charge in [-0.25, -0.2) is 4.39 Å². The van der Waals surface area contributed by atoms with Crippen LogP contribution in [0.5, 0.6) is 0 Å². The van der Waals surface area contributed by atoms with Crippen LogP contribution in [0, 0.1) is 12.7 Å². The van der Waals surface area contributed by atoms with Crippen molar-refractivity contribution < 1.29 is 4.39 Å². The second-order valence-corrected chi connectivity index (χ2v) is 2.75. The quantitative estimate of drug-likeness (QED) is 0.633. The molecule has 1 nitrogen and oxygen atoms in total. The van der Waals surface area contributed by atoms with E-state index in [2.05, 4.69) is 4.98 Å². The first-order valence-corrected chi connectivity index (χ1v) is 3.79. The number of para-hydroxylation sites is 1. The van der Waals surface area contributed by atoms with Gasteiger partial charge in [0.25, 0.3) is 0 Å². The molecule has 0 radical (unpaired) electrons. The number of hydrogen-bond donors (Lipinski definition) is 0. The molecule has 0 aliphatic carbocycles. The molecule has 0 unspecified atom stereocenters. The van der Waals surface area contributed by atoms with Crippen molar-refractivity contribution in [2.24, 2.45) is 0 Å². The SMILES string of the molecule is Cc1nc2ccccc2cc1F.Cl. The summed E-state index contributed by atoms with van der Waals surface area (Å²) in [4.78, 5) is 4.10. The minimum atomic E-state index is -0.242. The van der Waals surface area contributed by atoms with Crippen molar-refractivity contribution in [3.8, 4) is 0 Å². The molecule has 2 rings (SSSR count). The van der Waals surface area contributed by atoms with E-state index >= 15 is 0 Å². The van der Waals surface area contributed by atoms with Gasteiger partial charge >= 0.3 is 0 Å². The Balaban J connectivity index is 0.000000845. The van der Waals surface area contributed by atoms with E-state index in [0.29, 0.717) is 5.69 Å². The molecule has 0 spiro atoms. The lowest BCUT2D eigenvalue weighted by Gasteiger charge is -1.98. The Labute approximate surface area is 82.0 Å². The fraction of sp³-hybridized carbons (Fsp3) is 0.100. The second kappa shape index (κ2) is 3.71. The lowest BCUT2D eigenvalue weighted by atomic mass is 10.2. The van der Waals surface area contributed by atoms with E-state index in [9.17, 15) is 4.39 Å². The van der Waals surface area contributed by atoms with Crippen molar-refractivity contribution in [1.29, 1.82) is 0 Å². The largest absolute Gasteiger partial charge is 0.250 e. The van der Waals surface area contributed by atoms with E-state index in [1.165, 1.54) is 6.07 Å². The fourth-order valence-corrected chi connectivity index (χ4v) is 1.19. The predicted molar refractivity (Wildman–Crippen MR) is 53.7 cm³/mol. The summed E-state index contributed by atoms with van der Waals surface area (Å²) in [6.07, 6.45) is 0. The van der Waals surface area contributed by atoms with Crippen molar-refractivity contribution in [2.45, 2.75) is 6.92 Å². The highest BCUT2D eigenvalue weighted by molar-refractivity contribution is 5.85. The number of fused-ring (bicyclic) bond motifs is 1. The van der Waals surface area contributed by atoms with Crippen LogP contribution in [0.3, 0.4) is 0 Å². The zero-order valence-corrected chi connectivity index (χ0v) is 7.94. The second-order valence-electron chi connectivity index (χ2n) is 2.75. The summed E-state index contributed by atoms with van der Waals surface area (Å²) in [7, 11) is 0. The highest BCUT2D eigenvalue weighted by Crippen LogP contribution is 2.14. The van der Waals surface area contributed by atoms with Gasteiger partial charge in [0, 0.05) is 5.39 Å². The average molecular weight is 198 g/mol. The standard InChI is InChI=1S/C10H8FN.ClH/c1-7-9(11)6-8-4-2-3-5-10(8)12-7;/h2-6H,1H3;1H. The van der Waals surface area contributed by atoms with Gasteiger partial charge in [-0.15, -0.1) is 12.4 Å². The Hall–Kier alpha value is -1.15. The van der Waals surface area contributed by atoms with E-state index in [1.54, 1.807) is 6.92 Å². The number of hydrogen-bond acceptors (Lipinski definition) is 1. The van der Waals surface area contributed by atoms with Crippen molar-refractivity contribution in [2.75, 3.05) is 0 Å². The molecule has 3 heteroatoms. The van der Waals surface area contributed by atoms with Crippen molar-refractivity contribution in [1.82, 2.24) is 4.98 Å². The van der Waals surface area contributed by atoms with Crippen LogP contribution >= 0.6 is 12.4 Å². The van der Waals surface area contributed by atoms with E-state index in [-0.39, 0.29) is 18.2 Å². The van der Waals surface area contributed by atoms with Crippen LogP contribution in [0.25, 0.3) is 10.9 Å². The van der Waals surface area contributed by atoms with Gasteiger partial charge in [0.1, 0.15) is 5.82 Å². The molecule has 0 saturated carbocycles. The molecule has 0 saturated heterocycles. The summed E-state index contributed by atoms with van der Waals surface area (Å²) < 4.78 is 13.0. The van der Waals surface area contributed by atoms with E-state index in [1.807, 2.05) is 24.3 Å². The van der Waals surface area contributed by atoms with Gasteiger partial charge in [0.05, 0.1) is 11.2 Å². The van der Waals surface area contributed by atoms with Gasteiger partial charge in [-0.05, 0) is 19.1 Å². The number of nitrogens with zero attached hydrogens (tertiary/aromatic N) is 1. The van der Waals surface area contributed by atoms with Crippen LogP contribution in [-0.2, 0) is 0 Å². The molecule has 1 heterocycles. The monoisotopic (exact) mass is 197 g/mol. The maximum atomic E-state index is 13.0.